The van der Waals surface area contributed by atoms with Crippen molar-refractivity contribution >= 4 is 22.3 Å². The monoisotopic (exact) mass is 264 g/mol. The first-order chi connectivity index (χ1) is 9.81. The smallest absolute Gasteiger partial charge is 0.0672 e. The molecule has 0 unspecified atom stereocenters. The Morgan fingerprint density at radius 2 is 2.00 bits per heavy atom. The van der Waals surface area contributed by atoms with E-state index < -0.39 is 0 Å². The van der Waals surface area contributed by atoms with Gasteiger partial charge in [-0.05, 0) is 29.7 Å². The molecule has 1 aromatic heterocycles. The van der Waals surface area contributed by atoms with E-state index in [0.717, 1.165) is 41.8 Å². The number of nitrogens with two attached hydrogens (primary N) is 1. The summed E-state index contributed by atoms with van der Waals surface area (Å²) in [7, 11) is 0. The maximum atomic E-state index is 6.21. The van der Waals surface area contributed by atoms with Crippen molar-refractivity contribution in [3.63, 3.8) is 0 Å². The molecule has 0 spiro atoms. The zero-order valence-corrected chi connectivity index (χ0v) is 11.1. The van der Waals surface area contributed by atoms with Crippen molar-refractivity contribution in [3.05, 3.63) is 53.7 Å². The van der Waals surface area contributed by atoms with E-state index in [1.165, 1.54) is 11.1 Å². The number of nitrogen functional groups attached to an aromatic ring is 1. The fourth-order valence-corrected chi connectivity index (χ4v) is 2.97. The first kappa shape index (κ1) is 11.3. The molecule has 4 nitrogen and oxygen atoms in total. The fraction of sp³-hybridized carbons (Fsp3) is 0.188. The third kappa shape index (κ3) is 1.72. The van der Waals surface area contributed by atoms with Crippen molar-refractivity contribution in [2.45, 2.75) is 13.0 Å². The molecule has 0 radical (unpaired) electrons. The molecule has 1 aliphatic heterocycles. The molecule has 20 heavy (non-hydrogen) atoms. The average Bonchev–Trinajstić information content (AvgIpc) is 2.93. The molecule has 2 heterocycles. The second-order valence-electron chi connectivity index (χ2n) is 5.31. The molecule has 0 saturated carbocycles. The van der Waals surface area contributed by atoms with Crippen LogP contribution in [0.15, 0.2) is 42.6 Å². The topological polar surface area (TPSA) is 57.9 Å². The number of aromatic amines is 1. The number of benzene rings is 2. The van der Waals surface area contributed by atoms with E-state index in [1.54, 1.807) is 6.20 Å². The number of hydrogen-bond acceptors (Lipinski definition) is 3. The summed E-state index contributed by atoms with van der Waals surface area (Å²) in [6.07, 6.45) is 2.87. The van der Waals surface area contributed by atoms with Crippen molar-refractivity contribution in [2.75, 3.05) is 17.2 Å². The van der Waals surface area contributed by atoms with Gasteiger partial charge >= 0.3 is 0 Å². The number of hydrogen-bond donors (Lipinski definition) is 2. The van der Waals surface area contributed by atoms with Gasteiger partial charge in [0.05, 0.1) is 23.1 Å². The Hall–Kier alpha value is -2.49. The maximum absolute atomic E-state index is 6.21. The molecule has 0 atom stereocenters. The molecule has 0 saturated heterocycles. The Morgan fingerprint density at radius 3 is 2.90 bits per heavy atom. The van der Waals surface area contributed by atoms with Crippen molar-refractivity contribution in [3.8, 4) is 0 Å². The number of anilines is 2. The standard InChI is InChI=1S/C16H16N4/c17-14-7-13-9-18-19-15(13)8-16(14)20-6-5-11-3-1-2-4-12(11)10-20/h1-4,7-9H,5-6,10,17H2,(H,18,19). The van der Waals surface area contributed by atoms with Crippen LogP contribution in [-0.4, -0.2) is 16.7 Å². The fourth-order valence-electron chi connectivity index (χ4n) is 2.97. The van der Waals surface area contributed by atoms with Crippen LogP contribution in [-0.2, 0) is 13.0 Å². The molecule has 1 aliphatic rings. The van der Waals surface area contributed by atoms with E-state index in [4.69, 9.17) is 5.73 Å². The van der Waals surface area contributed by atoms with Crippen molar-refractivity contribution in [1.82, 2.24) is 10.2 Å². The van der Waals surface area contributed by atoms with Crippen molar-refractivity contribution in [1.29, 1.82) is 0 Å². The summed E-state index contributed by atoms with van der Waals surface area (Å²) >= 11 is 0. The lowest BCUT2D eigenvalue weighted by Gasteiger charge is -2.31. The maximum Gasteiger partial charge on any atom is 0.0672 e. The second-order valence-corrected chi connectivity index (χ2v) is 5.31. The SMILES string of the molecule is Nc1cc2cn[nH]c2cc1N1CCc2ccccc2C1. The number of nitrogens with zero attached hydrogens (tertiary/aromatic N) is 2. The molecular formula is C16H16N4. The van der Waals surface area contributed by atoms with Crippen LogP contribution in [0.25, 0.3) is 10.9 Å². The van der Waals surface area contributed by atoms with Crippen LogP contribution in [0.2, 0.25) is 0 Å². The number of rotatable bonds is 1. The zero-order valence-electron chi connectivity index (χ0n) is 11.1. The molecule has 2 aromatic carbocycles. The second kappa shape index (κ2) is 4.27. The molecular weight excluding hydrogens is 248 g/mol. The first-order valence-corrected chi connectivity index (χ1v) is 6.85. The molecule has 3 aromatic rings. The van der Waals surface area contributed by atoms with Gasteiger partial charge in [0.15, 0.2) is 0 Å². The predicted molar refractivity (Wildman–Crippen MR) is 81.7 cm³/mol. The van der Waals surface area contributed by atoms with E-state index in [1.807, 2.05) is 6.07 Å². The molecule has 0 bridgehead atoms. The lowest BCUT2D eigenvalue weighted by atomic mass is 9.99. The van der Waals surface area contributed by atoms with E-state index in [0.29, 0.717) is 0 Å². The van der Waals surface area contributed by atoms with E-state index >= 15 is 0 Å². The van der Waals surface area contributed by atoms with Gasteiger partial charge in [-0.25, -0.2) is 0 Å². The van der Waals surface area contributed by atoms with Crippen LogP contribution >= 0.6 is 0 Å². The van der Waals surface area contributed by atoms with Gasteiger partial charge in [0.1, 0.15) is 0 Å². The summed E-state index contributed by atoms with van der Waals surface area (Å²) < 4.78 is 0. The molecule has 0 aliphatic carbocycles. The highest BCUT2D eigenvalue weighted by molar-refractivity contribution is 5.89. The summed E-state index contributed by atoms with van der Waals surface area (Å²) in [6, 6.07) is 12.7. The van der Waals surface area contributed by atoms with Gasteiger partial charge in [0, 0.05) is 18.5 Å². The van der Waals surface area contributed by atoms with Gasteiger partial charge in [-0.15, -0.1) is 0 Å². The van der Waals surface area contributed by atoms with Crippen LogP contribution in [0, 0.1) is 0 Å². The van der Waals surface area contributed by atoms with E-state index in [9.17, 15) is 0 Å². The lowest BCUT2D eigenvalue weighted by molar-refractivity contribution is 0.733. The summed E-state index contributed by atoms with van der Waals surface area (Å²) in [5, 5.41) is 8.14. The van der Waals surface area contributed by atoms with Gasteiger partial charge in [-0.1, -0.05) is 24.3 Å². The Balaban J connectivity index is 1.75. The minimum atomic E-state index is 0.818. The van der Waals surface area contributed by atoms with Crippen LogP contribution in [0.4, 0.5) is 11.4 Å². The average molecular weight is 264 g/mol. The van der Waals surface area contributed by atoms with E-state index in [-0.39, 0.29) is 0 Å². The largest absolute Gasteiger partial charge is 0.397 e. The van der Waals surface area contributed by atoms with Crippen molar-refractivity contribution < 1.29 is 0 Å². The molecule has 4 heteroatoms. The molecule has 0 fully saturated rings. The molecule has 100 valence electrons. The van der Waals surface area contributed by atoms with Gasteiger partial charge in [0.25, 0.3) is 0 Å². The highest BCUT2D eigenvalue weighted by Crippen LogP contribution is 2.31. The first-order valence-electron chi connectivity index (χ1n) is 6.85. The van der Waals surface area contributed by atoms with Gasteiger partial charge < -0.3 is 10.6 Å². The summed E-state index contributed by atoms with van der Waals surface area (Å²) in [6.45, 7) is 1.92. The van der Waals surface area contributed by atoms with Crippen LogP contribution < -0.4 is 10.6 Å². The van der Waals surface area contributed by atoms with Crippen LogP contribution in [0.3, 0.4) is 0 Å². The zero-order chi connectivity index (χ0) is 13.5. The Labute approximate surface area is 117 Å². The normalized spacial score (nSPS) is 14.5. The van der Waals surface area contributed by atoms with Gasteiger partial charge in [-0.2, -0.15) is 5.10 Å². The highest BCUT2D eigenvalue weighted by atomic mass is 15.1. The van der Waals surface area contributed by atoms with Crippen molar-refractivity contribution in [2.24, 2.45) is 0 Å². The number of fused-ring (bicyclic) bond motifs is 2. The number of aromatic nitrogens is 2. The minimum absolute atomic E-state index is 0.818. The predicted octanol–water partition coefficient (Wildman–Crippen LogP) is 2.71. The summed E-state index contributed by atoms with van der Waals surface area (Å²) in [5.74, 6) is 0. The quantitative estimate of drug-likeness (QED) is 0.664. The summed E-state index contributed by atoms with van der Waals surface area (Å²) in [4.78, 5) is 2.35. The van der Waals surface area contributed by atoms with E-state index in [2.05, 4.69) is 45.4 Å². The third-order valence-corrected chi connectivity index (χ3v) is 4.06. The minimum Gasteiger partial charge on any atom is -0.397 e. The Kier molecular flexibility index (Phi) is 2.42. The van der Waals surface area contributed by atoms with Crippen LogP contribution in [0.5, 0.6) is 0 Å². The molecule has 4 rings (SSSR count). The van der Waals surface area contributed by atoms with Gasteiger partial charge in [-0.3, -0.25) is 5.10 Å². The van der Waals surface area contributed by atoms with Gasteiger partial charge in [0.2, 0.25) is 0 Å². The third-order valence-electron chi connectivity index (χ3n) is 4.06. The molecule has 0 amide bonds. The Bertz CT molecular complexity index is 775. The summed E-state index contributed by atoms with van der Waals surface area (Å²) in [5.41, 5.74) is 12.0. The Morgan fingerprint density at radius 1 is 1.15 bits per heavy atom. The lowest BCUT2D eigenvalue weighted by Crippen LogP contribution is -2.30. The number of nitrogens with one attached hydrogen (secondary N) is 1. The van der Waals surface area contributed by atoms with Crippen LogP contribution in [0.1, 0.15) is 11.1 Å². The number of H-pyrrole nitrogens is 1. The highest BCUT2D eigenvalue weighted by Gasteiger charge is 2.18. The molecule has 3 N–H and O–H groups in total.